The van der Waals surface area contributed by atoms with Gasteiger partial charge in [-0.25, -0.2) is 4.39 Å². The van der Waals surface area contributed by atoms with E-state index in [0.717, 1.165) is 12.8 Å². The van der Waals surface area contributed by atoms with E-state index in [1.807, 2.05) is 0 Å². The van der Waals surface area contributed by atoms with Crippen molar-refractivity contribution in [2.24, 2.45) is 0 Å². The van der Waals surface area contributed by atoms with Crippen LogP contribution in [0.1, 0.15) is 26.7 Å². The Morgan fingerprint density at radius 2 is 2.29 bits per heavy atom. The predicted octanol–water partition coefficient (Wildman–Crippen LogP) is 2.74. The molecule has 17 heavy (non-hydrogen) atoms. The number of nitrogens with two attached hydrogens (primary N) is 1. The topological polar surface area (TPSA) is 44.5 Å². The van der Waals surface area contributed by atoms with Crippen LogP contribution in [0.15, 0.2) is 18.2 Å². The third kappa shape index (κ3) is 3.09. The lowest BCUT2D eigenvalue weighted by molar-refractivity contribution is -0.0326. The van der Waals surface area contributed by atoms with E-state index in [0.29, 0.717) is 12.4 Å². The SMILES string of the molecule is CC1(C)CCC(COc2ccc(N)c(F)c2)O1. The number of hydrogen-bond donors (Lipinski definition) is 1. The van der Waals surface area contributed by atoms with Crippen molar-refractivity contribution in [1.29, 1.82) is 0 Å². The Morgan fingerprint density at radius 1 is 1.53 bits per heavy atom. The number of hydrogen-bond acceptors (Lipinski definition) is 3. The van der Waals surface area contributed by atoms with Crippen LogP contribution >= 0.6 is 0 Å². The number of nitrogen functional groups attached to an aromatic ring is 1. The van der Waals surface area contributed by atoms with Crippen molar-refractivity contribution >= 4 is 5.69 Å². The van der Waals surface area contributed by atoms with Crippen LogP contribution in [-0.4, -0.2) is 18.3 Å². The normalized spacial score (nSPS) is 22.6. The molecule has 0 aromatic heterocycles. The predicted molar refractivity (Wildman–Crippen MR) is 64.5 cm³/mol. The molecule has 1 aromatic carbocycles. The summed E-state index contributed by atoms with van der Waals surface area (Å²) < 4.78 is 24.4. The molecule has 3 nitrogen and oxygen atoms in total. The highest BCUT2D eigenvalue weighted by atomic mass is 19.1. The molecule has 1 aliphatic heterocycles. The van der Waals surface area contributed by atoms with Crippen molar-refractivity contribution in [2.75, 3.05) is 12.3 Å². The molecule has 0 aliphatic carbocycles. The Bertz CT molecular complexity index is 406. The number of benzene rings is 1. The zero-order valence-corrected chi connectivity index (χ0v) is 10.2. The number of anilines is 1. The van der Waals surface area contributed by atoms with E-state index in [-0.39, 0.29) is 17.4 Å². The summed E-state index contributed by atoms with van der Waals surface area (Å²) in [5.74, 6) is 0.0418. The first-order chi connectivity index (χ1) is 7.96. The minimum absolute atomic E-state index is 0.0691. The van der Waals surface area contributed by atoms with Gasteiger partial charge in [-0.15, -0.1) is 0 Å². The van der Waals surface area contributed by atoms with Gasteiger partial charge >= 0.3 is 0 Å². The summed E-state index contributed by atoms with van der Waals surface area (Å²) in [4.78, 5) is 0. The summed E-state index contributed by atoms with van der Waals surface area (Å²) in [6.45, 7) is 4.58. The van der Waals surface area contributed by atoms with Crippen LogP contribution in [0.2, 0.25) is 0 Å². The van der Waals surface area contributed by atoms with Gasteiger partial charge in [0.15, 0.2) is 0 Å². The quantitative estimate of drug-likeness (QED) is 0.825. The second-order valence-corrected chi connectivity index (χ2v) is 5.03. The molecule has 0 saturated carbocycles. The minimum atomic E-state index is -0.449. The molecule has 1 atom stereocenters. The maximum Gasteiger partial charge on any atom is 0.149 e. The second-order valence-electron chi connectivity index (χ2n) is 5.03. The van der Waals surface area contributed by atoms with Gasteiger partial charge in [0.25, 0.3) is 0 Å². The van der Waals surface area contributed by atoms with E-state index in [9.17, 15) is 4.39 Å². The van der Waals surface area contributed by atoms with Gasteiger partial charge in [0, 0.05) is 6.07 Å². The van der Waals surface area contributed by atoms with Crippen molar-refractivity contribution in [3.63, 3.8) is 0 Å². The molecule has 0 amide bonds. The van der Waals surface area contributed by atoms with Crippen LogP contribution in [0, 0.1) is 5.82 Å². The van der Waals surface area contributed by atoms with Gasteiger partial charge in [-0.05, 0) is 38.8 Å². The highest BCUT2D eigenvalue weighted by molar-refractivity contribution is 5.43. The maximum atomic E-state index is 13.2. The van der Waals surface area contributed by atoms with Crippen LogP contribution in [-0.2, 0) is 4.74 Å². The minimum Gasteiger partial charge on any atom is -0.491 e. The Labute approximate surface area is 101 Å². The third-order valence-electron chi connectivity index (χ3n) is 2.96. The van der Waals surface area contributed by atoms with Gasteiger partial charge < -0.3 is 15.2 Å². The average molecular weight is 239 g/mol. The molecule has 1 heterocycles. The molecule has 2 rings (SSSR count). The molecule has 1 unspecified atom stereocenters. The van der Waals surface area contributed by atoms with Crippen molar-refractivity contribution < 1.29 is 13.9 Å². The first kappa shape index (κ1) is 12.2. The molecule has 0 radical (unpaired) electrons. The van der Waals surface area contributed by atoms with Crippen molar-refractivity contribution in [2.45, 2.75) is 38.4 Å². The van der Waals surface area contributed by atoms with Crippen LogP contribution in [0.25, 0.3) is 0 Å². The fraction of sp³-hybridized carbons (Fsp3) is 0.538. The third-order valence-corrected chi connectivity index (χ3v) is 2.96. The highest BCUT2D eigenvalue weighted by Crippen LogP contribution is 2.29. The molecule has 1 aliphatic rings. The van der Waals surface area contributed by atoms with E-state index < -0.39 is 5.82 Å². The van der Waals surface area contributed by atoms with Gasteiger partial charge in [-0.3, -0.25) is 0 Å². The molecule has 2 N–H and O–H groups in total. The number of ether oxygens (including phenoxy) is 2. The van der Waals surface area contributed by atoms with E-state index in [2.05, 4.69) is 13.8 Å². The van der Waals surface area contributed by atoms with Gasteiger partial charge in [0.05, 0.1) is 17.4 Å². The molecule has 1 aromatic rings. The Morgan fingerprint density at radius 3 is 2.88 bits per heavy atom. The first-order valence-corrected chi connectivity index (χ1v) is 5.82. The fourth-order valence-corrected chi connectivity index (χ4v) is 1.98. The summed E-state index contributed by atoms with van der Waals surface area (Å²) in [5.41, 5.74) is 5.45. The molecular formula is C13H18FNO2. The van der Waals surface area contributed by atoms with E-state index in [1.54, 1.807) is 6.07 Å². The summed E-state index contributed by atoms with van der Waals surface area (Å²) >= 11 is 0. The Balaban J connectivity index is 1.88. The van der Waals surface area contributed by atoms with E-state index >= 15 is 0 Å². The second kappa shape index (κ2) is 4.53. The summed E-state index contributed by atoms with van der Waals surface area (Å²) in [6, 6.07) is 4.47. The molecular weight excluding hydrogens is 221 g/mol. The summed E-state index contributed by atoms with van der Waals surface area (Å²) in [5, 5.41) is 0. The molecule has 0 spiro atoms. The van der Waals surface area contributed by atoms with Crippen molar-refractivity contribution in [3.05, 3.63) is 24.0 Å². The van der Waals surface area contributed by atoms with E-state index in [1.165, 1.54) is 12.1 Å². The summed E-state index contributed by atoms with van der Waals surface area (Å²) in [7, 11) is 0. The standard InChI is InChI=1S/C13H18FNO2/c1-13(2)6-5-10(17-13)8-16-9-3-4-12(15)11(14)7-9/h3-4,7,10H,5-6,8,15H2,1-2H3. The van der Waals surface area contributed by atoms with Gasteiger partial charge in [0.1, 0.15) is 18.2 Å². The zero-order chi connectivity index (χ0) is 12.5. The zero-order valence-electron chi connectivity index (χ0n) is 10.2. The van der Waals surface area contributed by atoms with Crippen LogP contribution < -0.4 is 10.5 Å². The lowest BCUT2D eigenvalue weighted by Gasteiger charge is -2.19. The van der Waals surface area contributed by atoms with E-state index in [4.69, 9.17) is 15.2 Å². The number of halogens is 1. The summed E-state index contributed by atoms with van der Waals surface area (Å²) in [6.07, 6.45) is 2.09. The van der Waals surface area contributed by atoms with Gasteiger partial charge in [0.2, 0.25) is 0 Å². The lowest BCUT2D eigenvalue weighted by atomic mass is 10.1. The van der Waals surface area contributed by atoms with Crippen LogP contribution in [0.5, 0.6) is 5.75 Å². The fourth-order valence-electron chi connectivity index (χ4n) is 1.98. The van der Waals surface area contributed by atoms with Crippen LogP contribution in [0.3, 0.4) is 0 Å². The lowest BCUT2D eigenvalue weighted by Crippen LogP contribution is -2.23. The molecule has 1 fully saturated rings. The molecule has 0 bridgehead atoms. The van der Waals surface area contributed by atoms with Crippen molar-refractivity contribution in [3.8, 4) is 5.75 Å². The smallest absolute Gasteiger partial charge is 0.149 e. The monoisotopic (exact) mass is 239 g/mol. The van der Waals surface area contributed by atoms with Crippen LogP contribution in [0.4, 0.5) is 10.1 Å². The van der Waals surface area contributed by atoms with Crippen molar-refractivity contribution in [1.82, 2.24) is 0 Å². The Kier molecular flexibility index (Phi) is 3.24. The highest BCUT2D eigenvalue weighted by Gasteiger charge is 2.31. The average Bonchev–Trinajstić information content (AvgIpc) is 2.60. The molecule has 4 heteroatoms. The largest absolute Gasteiger partial charge is 0.491 e. The Hall–Kier alpha value is -1.29. The molecule has 1 saturated heterocycles. The van der Waals surface area contributed by atoms with Gasteiger partial charge in [-0.1, -0.05) is 0 Å². The number of rotatable bonds is 3. The molecule has 94 valence electrons. The first-order valence-electron chi connectivity index (χ1n) is 5.82. The van der Waals surface area contributed by atoms with Gasteiger partial charge in [-0.2, -0.15) is 0 Å². The maximum absolute atomic E-state index is 13.2.